The van der Waals surface area contributed by atoms with Crippen LogP contribution in [0.25, 0.3) is 0 Å². The van der Waals surface area contributed by atoms with Gasteiger partial charge >= 0.3 is 0 Å². The zero-order valence-corrected chi connectivity index (χ0v) is 21.3. The number of hydrogen-bond acceptors (Lipinski definition) is 5. The Balaban J connectivity index is 1.23. The van der Waals surface area contributed by atoms with Crippen molar-refractivity contribution in [3.05, 3.63) is 41.1 Å². The van der Waals surface area contributed by atoms with E-state index in [1.807, 2.05) is 13.1 Å². The standard InChI is InChI=1S/C29H36N4O3/c1-31-16-21(26(30-31)36-2)27(35)33-15-19-13-28-8-7-23(33)25(19)29(28)9-10-32(14-17-3-4-17)24(28)11-18-5-6-20(34)12-22(18)29/h5-6,12,16-17,19,23-25,34H,3-4,7-11,13-15H2,1-2H3/t19-,23-,24-,25-,28-,29+/m1/s1. The molecular weight excluding hydrogens is 452 g/mol. The molecule has 36 heavy (non-hydrogen) atoms. The van der Waals surface area contributed by atoms with Gasteiger partial charge in [0.25, 0.3) is 5.91 Å². The Kier molecular flexibility index (Phi) is 4.22. The molecule has 3 heterocycles. The molecule has 6 atom stereocenters. The number of carbonyl (C=O) groups is 1. The normalized spacial score (nSPS) is 38.1. The van der Waals surface area contributed by atoms with Crippen LogP contribution in [0.3, 0.4) is 0 Å². The van der Waals surface area contributed by atoms with Crippen molar-refractivity contribution in [2.45, 2.75) is 62.4 Å². The van der Waals surface area contributed by atoms with Gasteiger partial charge in [-0.1, -0.05) is 6.07 Å². The first kappa shape index (κ1) is 21.5. The minimum absolute atomic E-state index is 0.0612. The van der Waals surface area contributed by atoms with Crippen LogP contribution < -0.4 is 4.74 Å². The summed E-state index contributed by atoms with van der Waals surface area (Å²) >= 11 is 0. The number of rotatable bonds is 4. The predicted octanol–water partition coefficient (Wildman–Crippen LogP) is 3.35. The minimum Gasteiger partial charge on any atom is -0.508 e. The third kappa shape index (κ3) is 2.53. The average molecular weight is 489 g/mol. The Labute approximate surface area is 212 Å². The maximum absolute atomic E-state index is 13.9. The van der Waals surface area contributed by atoms with E-state index in [4.69, 9.17) is 4.74 Å². The van der Waals surface area contributed by atoms with Gasteiger partial charge in [0.1, 0.15) is 11.3 Å². The third-order valence-electron chi connectivity index (χ3n) is 11.3. The van der Waals surface area contributed by atoms with Crippen molar-refractivity contribution in [3.8, 4) is 11.6 Å². The first-order chi connectivity index (χ1) is 17.4. The van der Waals surface area contributed by atoms with E-state index in [0.29, 0.717) is 35.1 Å². The van der Waals surface area contributed by atoms with Crippen molar-refractivity contribution in [1.82, 2.24) is 19.6 Å². The highest BCUT2D eigenvalue weighted by Crippen LogP contribution is 2.75. The van der Waals surface area contributed by atoms with Gasteiger partial charge in [-0.05, 0) is 97.9 Å². The van der Waals surface area contributed by atoms with E-state index in [9.17, 15) is 9.90 Å². The van der Waals surface area contributed by atoms with Gasteiger partial charge in [0, 0.05) is 43.8 Å². The molecule has 6 aliphatic rings. The van der Waals surface area contributed by atoms with Crippen LogP contribution in [0, 0.1) is 23.2 Å². The lowest BCUT2D eigenvalue weighted by atomic mass is 9.43. The molecule has 5 fully saturated rings. The number of amides is 1. The van der Waals surface area contributed by atoms with Gasteiger partial charge < -0.3 is 14.7 Å². The molecule has 1 N–H and O–H groups in total. The van der Waals surface area contributed by atoms with Crippen LogP contribution in [-0.2, 0) is 18.9 Å². The summed E-state index contributed by atoms with van der Waals surface area (Å²) in [5.74, 6) is 2.75. The molecule has 0 unspecified atom stereocenters. The molecule has 4 bridgehead atoms. The van der Waals surface area contributed by atoms with Crippen molar-refractivity contribution in [1.29, 1.82) is 0 Å². The van der Waals surface area contributed by atoms with Gasteiger partial charge in [0.05, 0.1) is 7.11 Å². The van der Waals surface area contributed by atoms with Crippen molar-refractivity contribution >= 4 is 5.91 Å². The molecule has 4 aliphatic carbocycles. The molecule has 1 aromatic heterocycles. The Morgan fingerprint density at radius 3 is 2.92 bits per heavy atom. The van der Waals surface area contributed by atoms with Crippen LogP contribution in [0.4, 0.5) is 0 Å². The van der Waals surface area contributed by atoms with Crippen molar-refractivity contribution < 1.29 is 14.6 Å². The molecule has 190 valence electrons. The van der Waals surface area contributed by atoms with Crippen molar-refractivity contribution in [2.24, 2.45) is 30.2 Å². The van der Waals surface area contributed by atoms with Crippen LogP contribution in [0.2, 0.25) is 0 Å². The number of methoxy groups -OCH3 is 1. The molecular formula is C29H36N4O3. The second-order valence-electron chi connectivity index (χ2n) is 12.7. The molecule has 2 aliphatic heterocycles. The summed E-state index contributed by atoms with van der Waals surface area (Å²) in [6, 6.07) is 7.03. The van der Waals surface area contributed by atoms with E-state index in [1.54, 1.807) is 18.0 Å². The van der Waals surface area contributed by atoms with E-state index in [-0.39, 0.29) is 22.8 Å². The Morgan fingerprint density at radius 2 is 2.11 bits per heavy atom. The van der Waals surface area contributed by atoms with Crippen LogP contribution in [0.5, 0.6) is 11.6 Å². The number of aryl methyl sites for hydroxylation is 1. The van der Waals surface area contributed by atoms with Gasteiger partial charge in [-0.2, -0.15) is 0 Å². The Morgan fingerprint density at radius 1 is 1.25 bits per heavy atom. The topological polar surface area (TPSA) is 70.8 Å². The average Bonchev–Trinajstić information content (AvgIpc) is 3.41. The summed E-state index contributed by atoms with van der Waals surface area (Å²) < 4.78 is 7.14. The SMILES string of the molecule is COc1nn(C)cc1C(=O)N1C[C@H]2C[C@@]34CC[C@@H]1[C@@H]2[C@@]31CCN(CC2CC2)[C@@H]4Cc2ccc(O)cc21. The molecule has 2 saturated heterocycles. The number of phenolic OH excluding ortho intramolecular Hbond substituents is 1. The second-order valence-corrected chi connectivity index (χ2v) is 12.7. The Hall–Kier alpha value is -2.54. The summed E-state index contributed by atoms with van der Waals surface area (Å²) in [5, 5.41) is 15.0. The fraction of sp³-hybridized carbons (Fsp3) is 0.655. The Bertz CT molecular complexity index is 1270. The molecule has 0 spiro atoms. The third-order valence-corrected chi connectivity index (χ3v) is 11.3. The molecule has 2 aromatic rings. The van der Waals surface area contributed by atoms with E-state index in [1.165, 1.54) is 43.4 Å². The zero-order valence-electron chi connectivity index (χ0n) is 21.3. The van der Waals surface area contributed by atoms with Gasteiger partial charge in [0.2, 0.25) is 5.88 Å². The van der Waals surface area contributed by atoms with Crippen LogP contribution in [0.15, 0.2) is 24.4 Å². The summed E-state index contributed by atoms with van der Waals surface area (Å²) in [6.45, 7) is 3.25. The lowest BCUT2D eigenvalue weighted by molar-refractivity contribution is -0.102. The highest BCUT2D eigenvalue weighted by atomic mass is 16.5. The van der Waals surface area contributed by atoms with E-state index in [0.717, 1.165) is 38.3 Å². The number of nitrogens with zero attached hydrogens (tertiary/aromatic N) is 4. The van der Waals surface area contributed by atoms with Crippen LogP contribution in [0.1, 0.15) is 60.0 Å². The molecule has 1 aromatic carbocycles. The molecule has 7 nitrogen and oxygen atoms in total. The number of ether oxygens (including phenoxy) is 1. The van der Waals surface area contributed by atoms with E-state index >= 15 is 0 Å². The van der Waals surface area contributed by atoms with Gasteiger partial charge in [-0.15, -0.1) is 5.10 Å². The second kappa shape index (κ2) is 7.06. The minimum atomic E-state index is 0.0612. The van der Waals surface area contributed by atoms with Crippen LogP contribution in [-0.4, -0.2) is 69.4 Å². The fourth-order valence-corrected chi connectivity index (χ4v) is 10.1. The molecule has 3 saturated carbocycles. The van der Waals surface area contributed by atoms with Crippen molar-refractivity contribution in [3.63, 3.8) is 0 Å². The number of piperidine rings is 1. The quantitative estimate of drug-likeness (QED) is 0.715. The molecule has 8 rings (SSSR count). The molecule has 1 amide bonds. The van der Waals surface area contributed by atoms with Crippen molar-refractivity contribution in [2.75, 3.05) is 26.7 Å². The predicted molar refractivity (Wildman–Crippen MR) is 134 cm³/mol. The lowest BCUT2D eigenvalue weighted by Gasteiger charge is -2.66. The monoisotopic (exact) mass is 488 g/mol. The van der Waals surface area contributed by atoms with Crippen LogP contribution >= 0.6 is 0 Å². The summed E-state index contributed by atoms with van der Waals surface area (Å²) in [6.07, 6.45) is 10.3. The summed E-state index contributed by atoms with van der Waals surface area (Å²) in [4.78, 5) is 19.0. The highest BCUT2D eigenvalue weighted by Gasteiger charge is 2.76. The highest BCUT2D eigenvalue weighted by molar-refractivity contribution is 5.96. The number of benzene rings is 1. The number of aromatic hydroxyl groups is 1. The maximum atomic E-state index is 13.9. The summed E-state index contributed by atoms with van der Waals surface area (Å²) in [5.41, 5.74) is 3.76. The van der Waals surface area contributed by atoms with Gasteiger partial charge in [-0.3, -0.25) is 14.4 Å². The zero-order chi connectivity index (χ0) is 24.4. The number of hydrogen-bond donors (Lipinski definition) is 1. The van der Waals surface area contributed by atoms with Gasteiger partial charge in [-0.25, -0.2) is 0 Å². The maximum Gasteiger partial charge on any atom is 0.261 e. The number of phenols is 1. The van der Waals surface area contributed by atoms with Gasteiger partial charge in [0.15, 0.2) is 0 Å². The number of aromatic nitrogens is 2. The summed E-state index contributed by atoms with van der Waals surface area (Å²) in [7, 11) is 3.43. The van der Waals surface area contributed by atoms with E-state index in [2.05, 4.69) is 27.0 Å². The number of fused-ring (bicyclic) bond motifs is 1. The molecule has 7 heteroatoms. The number of carbonyl (C=O) groups excluding carboxylic acids is 1. The number of likely N-dealkylation sites (tertiary alicyclic amines) is 2. The lowest BCUT2D eigenvalue weighted by Crippen LogP contribution is -2.69. The van der Waals surface area contributed by atoms with E-state index < -0.39 is 0 Å². The first-order valence-electron chi connectivity index (χ1n) is 13.9. The smallest absolute Gasteiger partial charge is 0.261 e. The largest absolute Gasteiger partial charge is 0.508 e. The first-order valence-corrected chi connectivity index (χ1v) is 13.9. The molecule has 0 radical (unpaired) electrons. The fourth-order valence-electron chi connectivity index (χ4n) is 10.1.